The minimum Gasteiger partial charge on any atom is -0.497 e. The molecule has 0 aliphatic carbocycles. The SMILES string of the molecule is COc1ccc(-n2c(-c3ccc(N(C)C)cc3)nc3c2c(=O)n(C)c(=O)n3C)cc1. The van der Waals surface area contributed by atoms with Gasteiger partial charge in [0.1, 0.15) is 11.6 Å². The largest absolute Gasteiger partial charge is 0.497 e. The minimum atomic E-state index is -0.415. The first-order valence-electron chi connectivity index (χ1n) is 9.44. The Morgan fingerprint density at radius 2 is 1.53 bits per heavy atom. The van der Waals surface area contributed by atoms with E-state index in [1.54, 1.807) is 18.7 Å². The van der Waals surface area contributed by atoms with Gasteiger partial charge in [0, 0.05) is 45.1 Å². The normalized spacial score (nSPS) is 11.1. The van der Waals surface area contributed by atoms with Gasteiger partial charge in [-0.15, -0.1) is 0 Å². The lowest BCUT2D eigenvalue weighted by Crippen LogP contribution is -2.37. The fourth-order valence-corrected chi connectivity index (χ4v) is 3.48. The summed E-state index contributed by atoms with van der Waals surface area (Å²) in [5.41, 5.74) is 2.51. The number of hydrogen-bond donors (Lipinski definition) is 0. The number of aromatic nitrogens is 4. The highest BCUT2D eigenvalue weighted by atomic mass is 16.5. The molecule has 0 aliphatic rings. The summed E-state index contributed by atoms with van der Waals surface area (Å²) in [7, 11) is 8.64. The zero-order valence-electron chi connectivity index (χ0n) is 17.6. The van der Waals surface area contributed by atoms with Crippen LogP contribution in [0.5, 0.6) is 5.75 Å². The fraction of sp³-hybridized carbons (Fsp3) is 0.227. The number of anilines is 1. The molecule has 0 aliphatic heterocycles. The number of fused-ring (bicyclic) bond motifs is 1. The molecule has 0 saturated heterocycles. The van der Waals surface area contributed by atoms with Crippen molar-refractivity contribution < 1.29 is 4.74 Å². The molecule has 0 spiro atoms. The maximum absolute atomic E-state index is 13.1. The number of nitrogens with zero attached hydrogens (tertiary/aromatic N) is 5. The van der Waals surface area contributed by atoms with E-state index in [0.29, 0.717) is 22.7 Å². The van der Waals surface area contributed by atoms with Gasteiger partial charge in [-0.1, -0.05) is 0 Å². The van der Waals surface area contributed by atoms with Crippen LogP contribution < -0.4 is 20.9 Å². The monoisotopic (exact) mass is 405 g/mol. The number of ether oxygens (including phenoxy) is 1. The van der Waals surface area contributed by atoms with Crippen molar-refractivity contribution in [1.29, 1.82) is 0 Å². The van der Waals surface area contributed by atoms with Crippen LogP contribution >= 0.6 is 0 Å². The van der Waals surface area contributed by atoms with Gasteiger partial charge >= 0.3 is 5.69 Å². The Morgan fingerprint density at radius 1 is 0.900 bits per heavy atom. The van der Waals surface area contributed by atoms with E-state index in [4.69, 9.17) is 9.72 Å². The van der Waals surface area contributed by atoms with Crippen molar-refractivity contribution in [2.45, 2.75) is 0 Å². The van der Waals surface area contributed by atoms with Gasteiger partial charge in [-0.25, -0.2) is 9.78 Å². The molecular weight excluding hydrogens is 382 g/mol. The number of imidazole rings is 1. The van der Waals surface area contributed by atoms with E-state index < -0.39 is 11.2 Å². The van der Waals surface area contributed by atoms with Gasteiger partial charge < -0.3 is 9.64 Å². The molecule has 2 aromatic heterocycles. The maximum Gasteiger partial charge on any atom is 0.332 e. The van der Waals surface area contributed by atoms with Crippen LogP contribution in [0.3, 0.4) is 0 Å². The van der Waals surface area contributed by atoms with Gasteiger partial charge in [0.05, 0.1) is 7.11 Å². The lowest BCUT2D eigenvalue weighted by molar-refractivity contribution is 0.415. The van der Waals surface area contributed by atoms with Crippen molar-refractivity contribution in [2.24, 2.45) is 14.1 Å². The van der Waals surface area contributed by atoms with E-state index in [2.05, 4.69) is 0 Å². The van der Waals surface area contributed by atoms with Crippen molar-refractivity contribution in [3.8, 4) is 22.8 Å². The van der Waals surface area contributed by atoms with Crippen molar-refractivity contribution in [2.75, 3.05) is 26.1 Å². The second-order valence-electron chi connectivity index (χ2n) is 7.29. The number of aryl methyl sites for hydroxylation is 1. The number of methoxy groups -OCH3 is 1. The van der Waals surface area contributed by atoms with Crippen LogP contribution in [-0.4, -0.2) is 39.9 Å². The molecular formula is C22H23N5O3. The van der Waals surface area contributed by atoms with Crippen LogP contribution in [0.4, 0.5) is 5.69 Å². The fourth-order valence-electron chi connectivity index (χ4n) is 3.48. The number of benzene rings is 2. The predicted molar refractivity (Wildman–Crippen MR) is 118 cm³/mol. The second-order valence-corrected chi connectivity index (χ2v) is 7.29. The average molecular weight is 405 g/mol. The Labute approximate surface area is 173 Å². The molecule has 0 radical (unpaired) electrons. The number of hydrogen-bond acceptors (Lipinski definition) is 5. The Hall–Kier alpha value is -3.81. The van der Waals surface area contributed by atoms with Crippen LogP contribution in [0.1, 0.15) is 0 Å². The maximum atomic E-state index is 13.1. The van der Waals surface area contributed by atoms with E-state index in [1.807, 2.05) is 67.5 Å². The summed E-state index contributed by atoms with van der Waals surface area (Å²) in [6.07, 6.45) is 0. The van der Waals surface area contributed by atoms with Crippen molar-refractivity contribution in [1.82, 2.24) is 18.7 Å². The van der Waals surface area contributed by atoms with Gasteiger partial charge in [0.2, 0.25) is 0 Å². The molecule has 2 aromatic carbocycles. The summed E-state index contributed by atoms with van der Waals surface area (Å²) in [5.74, 6) is 1.29. The summed E-state index contributed by atoms with van der Waals surface area (Å²) in [4.78, 5) is 32.2. The Bertz CT molecular complexity index is 1340. The topological polar surface area (TPSA) is 74.3 Å². The van der Waals surface area contributed by atoms with Crippen LogP contribution in [0, 0.1) is 0 Å². The Kier molecular flexibility index (Phi) is 4.69. The van der Waals surface area contributed by atoms with Gasteiger partial charge in [0.15, 0.2) is 11.2 Å². The summed E-state index contributed by atoms with van der Waals surface area (Å²) in [6.45, 7) is 0. The first kappa shape index (κ1) is 19.5. The first-order valence-corrected chi connectivity index (χ1v) is 9.44. The molecule has 0 saturated carbocycles. The highest BCUT2D eigenvalue weighted by Crippen LogP contribution is 2.28. The van der Waals surface area contributed by atoms with E-state index in [9.17, 15) is 9.59 Å². The van der Waals surface area contributed by atoms with E-state index >= 15 is 0 Å². The van der Waals surface area contributed by atoms with Crippen LogP contribution in [0.25, 0.3) is 28.2 Å². The van der Waals surface area contributed by atoms with E-state index in [1.165, 1.54) is 11.6 Å². The van der Waals surface area contributed by atoms with Crippen molar-refractivity contribution >= 4 is 16.9 Å². The Morgan fingerprint density at radius 3 is 2.10 bits per heavy atom. The minimum absolute atomic E-state index is 0.339. The van der Waals surface area contributed by atoms with Gasteiger partial charge in [0.25, 0.3) is 5.56 Å². The molecule has 4 aromatic rings. The summed E-state index contributed by atoms with van der Waals surface area (Å²) in [5, 5.41) is 0. The highest BCUT2D eigenvalue weighted by Gasteiger charge is 2.21. The van der Waals surface area contributed by atoms with Crippen LogP contribution in [0.2, 0.25) is 0 Å². The highest BCUT2D eigenvalue weighted by molar-refractivity contribution is 5.80. The lowest BCUT2D eigenvalue weighted by atomic mass is 10.2. The molecule has 0 amide bonds. The molecule has 0 unspecified atom stereocenters. The number of rotatable bonds is 4. The molecule has 30 heavy (non-hydrogen) atoms. The van der Waals surface area contributed by atoms with Crippen LogP contribution in [0.15, 0.2) is 58.1 Å². The van der Waals surface area contributed by atoms with Gasteiger partial charge in [-0.2, -0.15) is 0 Å². The average Bonchev–Trinajstić information content (AvgIpc) is 3.17. The second kappa shape index (κ2) is 7.22. The predicted octanol–water partition coefficient (Wildman–Crippen LogP) is 2.16. The molecule has 0 atom stereocenters. The molecule has 8 heteroatoms. The summed E-state index contributed by atoms with van der Waals surface area (Å²) < 4.78 is 9.55. The van der Waals surface area contributed by atoms with Crippen molar-refractivity contribution in [3.05, 3.63) is 69.4 Å². The standard InChI is InChI=1S/C22H23N5O3/c1-24(2)15-8-6-14(7-9-15)19-23-20-18(21(28)26(4)22(29)25(20)3)27(19)16-10-12-17(30-5)13-11-16/h6-13H,1-5H3. The first-order chi connectivity index (χ1) is 14.3. The quantitative estimate of drug-likeness (QED) is 0.520. The molecule has 154 valence electrons. The third kappa shape index (κ3) is 2.97. The molecule has 0 N–H and O–H groups in total. The van der Waals surface area contributed by atoms with E-state index in [0.717, 1.165) is 21.5 Å². The van der Waals surface area contributed by atoms with Gasteiger partial charge in [-0.3, -0.25) is 18.5 Å². The van der Waals surface area contributed by atoms with Gasteiger partial charge in [-0.05, 0) is 48.5 Å². The molecule has 0 bridgehead atoms. The Balaban J connectivity index is 2.08. The molecule has 8 nitrogen and oxygen atoms in total. The smallest absolute Gasteiger partial charge is 0.332 e. The molecule has 2 heterocycles. The van der Waals surface area contributed by atoms with Crippen molar-refractivity contribution in [3.63, 3.8) is 0 Å². The lowest BCUT2D eigenvalue weighted by Gasteiger charge is -2.14. The summed E-state index contributed by atoms with van der Waals surface area (Å²) in [6, 6.07) is 15.3. The zero-order valence-corrected chi connectivity index (χ0v) is 17.6. The molecule has 4 rings (SSSR count). The molecule has 0 fully saturated rings. The third-order valence-corrected chi connectivity index (χ3v) is 5.23. The van der Waals surface area contributed by atoms with E-state index in [-0.39, 0.29) is 0 Å². The summed E-state index contributed by atoms with van der Waals surface area (Å²) >= 11 is 0. The third-order valence-electron chi connectivity index (χ3n) is 5.23. The zero-order chi connectivity index (χ0) is 21.6. The van der Waals surface area contributed by atoms with Crippen LogP contribution in [-0.2, 0) is 14.1 Å².